The van der Waals surface area contributed by atoms with Gasteiger partial charge in [-0.2, -0.15) is 0 Å². The van der Waals surface area contributed by atoms with Gasteiger partial charge in [0.25, 0.3) is 0 Å². The second-order valence-electron chi connectivity index (χ2n) is 4.84. The number of nitrogens with zero attached hydrogens (tertiary/aromatic N) is 1. The zero-order valence-electron chi connectivity index (χ0n) is 10.9. The minimum Gasteiger partial charge on any atom is -0.476 e. The van der Waals surface area contributed by atoms with Crippen molar-refractivity contribution in [2.75, 3.05) is 7.11 Å². The number of aryl methyl sites for hydroxylation is 1. The molecule has 1 aliphatic carbocycles. The van der Waals surface area contributed by atoms with Crippen LogP contribution in [0.5, 0.6) is 0 Å². The Labute approximate surface area is 111 Å². The second-order valence-corrected chi connectivity index (χ2v) is 6.04. The third-order valence-electron chi connectivity index (χ3n) is 3.69. The molecule has 0 amide bonds. The first-order valence-corrected chi connectivity index (χ1v) is 7.17. The van der Waals surface area contributed by atoms with Crippen molar-refractivity contribution in [3.63, 3.8) is 0 Å². The Bertz CT molecular complexity index is 433. The average molecular weight is 269 g/mol. The first-order chi connectivity index (χ1) is 8.59. The van der Waals surface area contributed by atoms with E-state index in [1.54, 1.807) is 7.11 Å². The lowest BCUT2D eigenvalue weighted by Gasteiger charge is -2.29. The molecule has 0 spiro atoms. The fourth-order valence-corrected chi connectivity index (χ4v) is 3.72. The summed E-state index contributed by atoms with van der Waals surface area (Å²) in [4.78, 5) is 16.2. The number of carbonyl (C=O) groups is 1. The number of carboxylic acid groups (broad SMARTS) is 1. The van der Waals surface area contributed by atoms with Gasteiger partial charge in [0.2, 0.25) is 0 Å². The maximum absolute atomic E-state index is 11.1. The largest absolute Gasteiger partial charge is 0.476 e. The minimum absolute atomic E-state index is 0.177. The number of ether oxygens (including phenoxy) is 1. The van der Waals surface area contributed by atoms with Gasteiger partial charge >= 0.3 is 5.97 Å². The van der Waals surface area contributed by atoms with E-state index in [9.17, 15) is 4.79 Å². The van der Waals surface area contributed by atoms with Gasteiger partial charge in [-0.3, -0.25) is 0 Å². The maximum atomic E-state index is 11.1. The van der Waals surface area contributed by atoms with Gasteiger partial charge in [-0.1, -0.05) is 25.7 Å². The lowest BCUT2D eigenvalue weighted by Crippen LogP contribution is -2.27. The van der Waals surface area contributed by atoms with Crippen LogP contribution in [0.15, 0.2) is 0 Å². The highest BCUT2D eigenvalue weighted by Gasteiger charge is 2.36. The molecule has 1 saturated carbocycles. The Kier molecular flexibility index (Phi) is 4.02. The van der Waals surface area contributed by atoms with Gasteiger partial charge in [0, 0.05) is 12.0 Å². The first-order valence-electron chi connectivity index (χ1n) is 6.35. The van der Waals surface area contributed by atoms with Gasteiger partial charge in [0.15, 0.2) is 5.69 Å². The summed E-state index contributed by atoms with van der Waals surface area (Å²) in [6.07, 6.45) is 6.57. The van der Waals surface area contributed by atoms with E-state index in [1.807, 2.05) is 6.92 Å². The van der Waals surface area contributed by atoms with E-state index in [0.717, 1.165) is 35.6 Å². The predicted molar refractivity (Wildman–Crippen MR) is 70.2 cm³/mol. The molecule has 4 nitrogen and oxygen atoms in total. The number of hydrogen-bond acceptors (Lipinski definition) is 4. The van der Waals surface area contributed by atoms with E-state index in [-0.39, 0.29) is 11.3 Å². The Morgan fingerprint density at radius 1 is 1.33 bits per heavy atom. The Morgan fingerprint density at radius 3 is 2.39 bits per heavy atom. The van der Waals surface area contributed by atoms with Crippen molar-refractivity contribution in [1.29, 1.82) is 0 Å². The van der Waals surface area contributed by atoms with E-state index in [2.05, 4.69) is 4.98 Å². The van der Waals surface area contributed by atoms with Crippen LogP contribution in [0, 0.1) is 6.92 Å². The van der Waals surface area contributed by atoms with Crippen LogP contribution in [0.3, 0.4) is 0 Å². The number of aromatic nitrogens is 1. The summed E-state index contributed by atoms with van der Waals surface area (Å²) in [5.74, 6) is -0.949. The van der Waals surface area contributed by atoms with E-state index >= 15 is 0 Å². The molecule has 1 N–H and O–H groups in total. The van der Waals surface area contributed by atoms with Crippen molar-refractivity contribution < 1.29 is 14.6 Å². The molecule has 0 bridgehead atoms. The molecule has 2 rings (SSSR count). The molecular formula is C13H19NO3S. The topological polar surface area (TPSA) is 59.4 Å². The van der Waals surface area contributed by atoms with E-state index in [1.165, 1.54) is 24.2 Å². The highest BCUT2D eigenvalue weighted by atomic mass is 32.1. The number of methoxy groups -OCH3 is 1. The highest BCUT2D eigenvalue weighted by molar-refractivity contribution is 7.12. The molecule has 0 unspecified atom stereocenters. The standard InChI is InChI=1S/C13H19NO3S/c1-9-10(11(15)16)14-12(18-9)13(17-2)7-5-3-4-6-8-13/h3-8H2,1-2H3,(H,15,16). The Balaban J connectivity index is 2.37. The Morgan fingerprint density at radius 2 is 1.94 bits per heavy atom. The van der Waals surface area contributed by atoms with Crippen molar-refractivity contribution in [2.24, 2.45) is 0 Å². The van der Waals surface area contributed by atoms with Gasteiger partial charge in [-0.15, -0.1) is 11.3 Å². The minimum atomic E-state index is -0.949. The number of thiazole rings is 1. The van der Waals surface area contributed by atoms with Crippen LogP contribution < -0.4 is 0 Å². The molecule has 1 heterocycles. The zero-order chi connectivity index (χ0) is 13.2. The molecule has 1 aromatic heterocycles. The normalized spacial score (nSPS) is 19.4. The number of rotatable bonds is 3. The zero-order valence-corrected chi connectivity index (χ0v) is 11.7. The summed E-state index contributed by atoms with van der Waals surface area (Å²) in [5, 5.41) is 9.93. The van der Waals surface area contributed by atoms with Crippen LogP contribution in [0.25, 0.3) is 0 Å². The summed E-state index contributed by atoms with van der Waals surface area (Å²) in [5.41, 5.74) is -0.185. The molecule has 0 aliphatic heterocycles. The van der Waals surface area contributed by atoms with Crippen molar-refractivity contribution in [2.45, 2.75) is 51.0 Å². The number of carboxylic acids is 1. The van der Waals surface area contributed by atoms with Crippen LogP contribution in [-0.4, -0.2) is 23.2 Å². The third kappa shape index (κ3) is 2.42. The third-order valence-corrected chi connectivity index (χ3v) is 4.85. The number of hydrogen-bond donors (Lipinski definition) is 1. The predicted octanol–water partition coefficient (Wildman–Crippen LogP) is 3.35. The first kappa shape index (κ1) is 13.5. The van der Waals surface area contributed by atoms with Gasteiger partial charge in [0.05, 0.1) is 0 Å². The fourth-order valence-electron chi connectivity index (χ4n) is 2.59. The molecule has 0 atom stereocenters. The quantitative estimate of drug-likeness (QED) is 0.855. The van der Waals surface area contributed by atoms with Gasteiger partial charge < -0.3 is 9.84 Å². The Hall–Kier alpha value is -0.940. The fraction of sp³-hybridized carbons (Fsp3) is 0.692. The van der Waals surface area contributed by atoms with Crippen molar-refractivity contribution in [3.8, 4) is 0 Å². The van der Waals surface area contributed by atoms with Crippen LogP contribution in [0.4, 0.5) is 0 Å². The molecule has 18 heavy (non-hydrogen) atoms. The van der Waals surface area contributed by atoms with Crippen molar-refractivity contribution >= 4 is 17.3 Å². The van der Waals surface area contributed by atoms with E-state index in [0.29, 0.717) is 0 Å². The molecule has 0 aromatic carbocycles. The monoisotopic (exact) mass is 269 g/mol. The molecule has 5 heteroatoms. The molecule has 100 valence electrons. The molecule has 1 aromatic rings. The summed E-state index contributed by atoms with van der Waals surface area (Å²) < 4.78 is 5.75. The summed E-state index contributed by atoms with van der Waals surface area (Å²) >= 11 is 1.46. The van der Waals surface area contributed by atoms with Crippen LogP contribution in [-0.2, 0) is 10.3 Å². The molecule has 0 radical (unpaired) electrons. The summed E-state index contributed by atoms with van der Waals surface area (Å²) in [6, 6.07) is 0. The molecular weight excluding hydrogens is 250 g/mol. The van der Waals surface area contributed by atoms with Gasteiger partial charge in [-0.25, -0.2) is 9.78 Å². The molecule has 1 aliphatic rings. The summed E-state index contributed by atoms with van der Waals surface area (Å²) in [6.45, 7) is 1.81. The summed E-state index contributed by atoms with van der Waals surface area (Å²) in [7, 11) is 1.71. The maximum Gasteiger partial charge on any atom is 0.355 e. The van der Waals surface area contributed by atoms with Crippen LogP contribution in [0.1, 0.15) is 58.9 Å². The number of aromatic carboxylic acids is 1. The van der Waals surface area contributed by atoms with Crippen molar-refractivity contribution in [1.82, 2.24) is 4.98 Å². The lowest BCUT2D eigenvalue weighted by atomic mass is 9.95. The van der Waals surface area contributed by atoms with Crippen LogP contribution in [0.2, 0.25) is 0 Å². The van der Waals surface area contributed by atoms with Crippen molar-refractivity contribution in [3.05, 3.63) is 15.6 Å². The average Bonchev–Trinajstić information content (AvgIpc) is 2.61. The van der Waals surface area contributed by atoms with E-state index < -0.39 is 5.97 Å². The van der Waals surface area contributed by atoms with Gasteiger partial charge in [0.1, 0.15) is 10.6 Å². The van der Waals surface area contributed by atoms with E-state index in [4.69, 9.17) is 9.84 Å². The van der Waals surface area contributed by atoms with Crippen LogP contribution >= 0.6 is 11.3 Å². The molecule has 0 saturated heterocycles. The highest BCUT2D eigenvalue weighted by Crippen LogP contribution is 2.41. The second kappa shape index (κ2) is 5.36. The smallest absolute Gasteiger partial charge is 0.355 e. The van der Waals surface area contributed by atoms with Gasteiger partial charge in [-0.05, 0) is 19.8 Å². The SMILES string of the molecule is COC1(c2nc(C(=O)O)c(C)s2)CCCCCC1. The lowest BCUT2D eigenvalue weighted by molar-refractivity contribution is -0.0280. The molecule has 1 fully saturated rings.